The average Bonchev–Trinajstić information content (AvgIpc) is 3.32. The molecule has 1 amide bonds. The Bertz CT molecular complexity index is 1150. The Balaban J connectivity index is 1.78. The van der Waals surface area contributed by atoms with E-state index in [9.17, 15) is 9.59 Å². The molecule has 1 aliphatic rings. The first-order valence-electron chi connectivity index (χ1n) is 9.93. The highest BCUT2D eigenvalue weighted by molar-refractivity contribution is 7.99. The molecule has 0 aliphatic heterocycles. The Morgan fingerprint density at radius 2 is 2.17 bits per heavy atom. The molecule has 6 nitrogen and oxygen atoms in total. The van der Waals surface area contributed by atoms with Crippen molar-refractivity contribution in [1.82, 2.24) is 14.9 Å². The van der Waals surface area contributed by atoms with Crippen molar-refractivity contribution in [1.29, 1.82) is 0 Å². The molecule has 30 heavy (non-hydrogen) atoms. The maximum atomic E-state index is 13.6. The zero-order valence-electron chi connectivity index (χ0n) is 16.8. The third kappa shape index (κ3) is 4.02. The Kier molecular flexibility index (Phi) is 6.24. The van der Waals surface area contributed by atoms with Crippen molar-refractivity contribution in [3.05, 3.63) is 57.7 Å². The molecule has 1 N–H and O–H groups in total. The van der Waals surface area contributed by atoms with Crippen LogP contribution in [0.1, 0.15) is 23.8 Å². The van der Waals surface area contributed by atoms with Crippen LogP contribution in [0, 0.1) is 0 Å². The second kappa shape index (κ2) is 9.06. The molecule has 0 saturated carbocycles. The van der Waals surface area contributed by atoms with Crippen molar-refractivity contribution in [3.63, 3.8) is 0 Å². The summed E-state index contributed by atoms with van der Waals surface area (Å²) in [5.74, 6) is 0.799. The fraction of sp³-hybridized carbons (Fsp3) is 0.318. The van der Waals surface area contributed by atoms with Gasteiger partial charge >= 0.3 is 0 Å². The zero-order valence-corrected chi connectivity index (χ0v) is 18.4. The number of amides is 1. The first-order valence-corrected chi connectivity index (χ1v) is 11.7. The van der Waals surface area contributed by atoms with Gasteiger partial charge in [-0.25, -0.2) is 4.98 Å². The number of carbonyl (C=O) groups excluding carboxylic acids is 1. The van der Waals surface area contributed by atoms with Gasteiger partial charge in [0.1, 0.15) is 10.6 Å². The molecule has 2 heterocycles. The van der Waals surface area contributed by atoms with Gasteiger partial charge in [0.05, 0.1) is 23.4 Å². The molecule has 0 spiro atoms. The average molecular weight is 442 g/mol. The second-order valence-corrected chi connectivity index (χ2v) is 8.91. The number of ether oxygens (including phenoxy) is 1. The molecule has 8 heteroatoms. The maximum absolute atomic E-state index is 13.6. The van der Waals surface area contributed by atoms with Crippen molar-refractivity contribution in [3.8, 4) is 11.4 Å². The lowest BCUT2D eigenvalue weighted by atomic mass is 10.2. The highest BCUT2D eigenvalue weighted by Crippen LogP contribution is 2.36. The molecule has 156 valence electrons. The first-order chi connectivity index (χ1) is 14.6. The van der Waals surface area contributed by atoms with Gasteiger partial charge in [0.25, 0.3) is 5.56 Å². The van der Waals surface area contributed by atoms with E-state index in [1.165, 1.54) is 16.6 Å². The van der Waals surface area contributed by atoms with Crippen molar-refractivity contribution < 1.29 is 9.53 Å². The fourth-order valence-corrected chi connectivity index (χ4v) is 5.72. The molecule has 0 atom stereocenters. The van der Waals surface area contributed by atoms with Gasteiger partial charge in [-0.3, -0.25) is 14.2 Å². The number of nitrogens with zero attached hydrogens (tertiary/aromatic N) is 2. The number of thioether (sulfide) groups is 1. The minimum Gasteiger partial charge on any atom is -0.494 e. The van der Waals surface area contributed by atoms with Crippen LogP contribution in [0.25, 0.3) is 15.9 Å². The van der Waals surface area contributed by atoms with Crippen LogP contribution in [0.15, 0.2) is 46.9 Å². The van der Waals surface area contributed by atoms with E-state index in [4.69, 9.17) is 9.72 Å². The largest absolute Gasteiger partial charge is 0.494 e. The molecule has 0 unspecified atom stereocenters. The summed E-state index contributed by atoms with van der Waals surface area (Å²) in [6, 6.07) is 7.40. The van der Waals surface area contributed by atoms with Crippen LogP contribution < -0.4 is 15.6 Å². The van der Waals surface area contributed by atoms with Crippen LogP contribution in [-0.4, -0.2) is 34.4 Å². The lowest BCUT2D eigenvalue weighted by molar-refractivity contribution is -0.118. The Hall–Kier alpha value is -2.58. The molecule has 3 aromatic rings. The van der Waals surface area contributed by atoms with E-state index in [2.05, 4.69) is 11.9 Å². The van der Waals surface area contributed by atoms with Gasteiger partial charge in [0.2, 0.25) is 5.91 Å². The SMILES string of the molecule is C=CCNC(=O)CSc1nc2sc3c(c2c(=O)n1-c1ccc(OCC)cc1)CCC3. The minimum absolute atomic E-state index is 0.0717. The standard InChI is InChI=1S/C22H23N3O3S2/c1-3-12-23-18(26)13-29-22-24-20-19(16-6-5-7-17(16)30-20)21(27)25(22)14-8-10-15(11-9-14)28-4-2/h3,8-11H,1,4-7,12-13H2,2H3,(H,23,26). The van der Waals surface area contributed by atoms with Gasteiger partial charge in [-0.15, -0.1) is 17.9 Å². The fourth-order valence-electron chi connectivity index (χ4n) is 3.57. The quantitative estimate of drug-likeness (QED) is 0.328. The summed E-state index contributed by atoms with van der Waals surface area (Å²) in [5.41, 5.74) is 1.79. The summed E-state index contributed by atoms with van der Waals surface area (Å²) in [4.78, 5) is 32.5. The summed E-state index contributed by atoms with van der Waals surface area (Å²) in [6.45, 7) is 6.53. The zero-order chi connectivity index (χ0) is 21.1. The van der Waals surface area contributed by atoms with Crippen molar-refractivity contribution in [2.24, 2.45) is 0 Å². The topological polar surface area (TPSA) is 73.2 Å². The lowest BCUT2D eigenvalue weighted by Crippen LogP contribution is -2.26. The van der Waals surface area contributed by atoms with Gasteiger partial charge in [-0.05, 0) is 56.0 Å². The van der Waals surface area contributed by atoms with Crippen LogP contribution >= 0.6 is 23.1 Å². The number of aromatic nitrogens is 2. The molecular weight excluding hydrogens is 418 g/mol. The first kappa shape index (κ1) is 20.7. The van der Waals surface area contributed by atoms with Gasteiger partial charge in [0.15, 0.2) is 5.16 Å². The highest BCUT2D eigenvalue weighted by atomic mass is 32.2. The Morgan fingerprint density at radius 1 is 1.37 bits per heavy atom. The molecule has 1 aliphatic carbocycles. The monoisotopic (exact) mass is 441 g/mol. The van der Waals surface area contributed by atoms with E-state index in [0.29, 0.717) is 24.0 Å². The molecule has 1 aromatic carbocycles. The summed E-state index contributed by atoms with van der Waals surface area (Å²) in [5, 5.41) is 4.00. The van der Waals surface area contributed by atoms with Crippen molar-refractivity contribution in [2.75, 3.05) is 18.9 Å². The number of benzene rings is 1. The molecule has 0 saturated heterocycles. The minimum atomic E-state index is -0.124. The summed E-state index contributed by atoms with van der Waals surface area (Å²) in [6.07, 6.45) is 4.65. The van der Waals surface area contributed by atoms with Gasteiger partial charge in [0, 0.05) is 11.4 Å². The third-order valence-corrected chi connectivity index (χ3v) is 7.01. The smallest absolute Gasteiger partial charge is 0.267 e. The van der Waals surface area contributed by atoms with E-state index in [-0.39, 0.29) is 17.2 Å². The number of aryl methyl sites for hydroxylation is 2. The summed E-state index contributed by atoms with van der Waals surface area (Å²) in [7, 11) is 0. The van der Waals surface area contributed by atoms with Crippen LogP contribution in [0.4, 0.5) is 0 Å². The molecule has 2 aromatic heterocycles. The van der Waals surface area contributed by atoms with Crippen LogP contribution in [0.5, 0.6) is 5.75 Å². The highest BCUT2D eigenvalue weighted by Gasteiger charge is 2.24. The van der Waals surface area contributed by atoms with E-state index in [0.717, 1.165) is 40.8 Å². The number of thiophene rings is 1. The predicted octanol–water partition coefficient (Wildman–Crippen LogP) is 3.73. The van der Waals surface area contributed by atoms with E-state index in [1.807, 2.05) is 31.2 Å². The predicted molar refractivity (Wildman–Crippen MR) is 122 cm³/mol. The van der Waals surface area contributed by atoms with E-state index in [1.54, 1.807) is 22.0 Å². The molecular formula is C22H23N3O3S2. The van der Waals surface area contributed by atoms with Gasteiger partial charge in [-0.1, -0.05) is 17.8 Å². The van der Waals surface area contributed by atoms with Crippen molar-refractivity contribution >= 4 is 39.2 Å². The van der Waals surface area contributed by atoms with Gasteiger partial charge < -0.3 is 10.1 Å². The summed E-state index contributed by atoms with van der Waals surface area (Å²) >= 11 is 2.87. The number of nitrogens with one attached hydrogen (secondary N) is 1. The van der Waals surface area contributed by atoms with Crippen LogP contribution in [-0.2, 0) is 17.6 Å². The molecule has 0 fully saturated rings. The number of fused-ring (bicyclic) bond motifs is 3. The number of hydrogen-bond acceptors (Lipinski definition) is 6. The third-order valence-electron chi connectivity index (χ3n) is 4.89. The number of hydrogen-bond donors (Lipinski definition) is 1. The van der Waals surface area contributed by atoms with Gasteiger partial charge in [-0.2, -0.15) is 0 Å². The Morgan fingerprint density at radius 3 is 2.90 bits per heavy atom. The molecule has 4 rings (SSSR count). The normalized spacial score (nSPS) is 12.7. The van der Waals surface area contributed by atoms with Crippen LogP contribution in [0.3, 0.4) is 0 Å². The molecule has 0 bridgehead atoms. The lowest BCUT2D eigenvalue weighted by Gasteiger charge is -2.13. The summed E-state index contributed by atoms with van der Waals surface area (Å²) < 4.78 is 7.14. The maximum Gasteiger partial charge on any atom is 0.267 e. The number of carbonyl (C=O) groups is 1. The molecule has 0 radical (unpaired) electrons. The van der Waals surface area contributed by atoms with Crippen LogP contribution in [0.2, 0.25) is 0 Å². The van der Waals surface area contributed by atoms with E-state index >= 15 is 0 Å². The second-order valence-electron chi connectivity index (χ2n) is 6.88. The Labute approximate surface area is 183 Å². The number of rotatable bonds is 8. The van der Waals surface area contributed by atoms with E-state index < -0.39 is 0 Å². The van der Waals surface area contributed by atoms with Crippen molar-refractivity contribution in [2.45, 2.75) is 31.3 Å².